The minimum atomic E-state index is -0.471. The fourth-order valence-corrected chi connectivity index (χ4v) is 4.88. The molecule has 1 N–H and O–H groups in total. The molecule has 0 radical (unpaired) electrons. The van der Waals surface area contributed by atoms with Crippen LogP contribution in [0, 0.1) is 6.92 Å². The van der Waals surface area contributed by atoms with E-state index < -0.39 is 11.9 Å². The van der Waals surface area contributed by atoms with Gasteiger partial charge in [-0.2, -0.15) is 0 Å². The molecule has 1 aromatic carbocycles. The normalized spacial score (nSPS) is 12.5. The molecule has 0 fully saturated rings. The number of hydrogen-bond donors (Lipinski definition) is 1. The predicted molar refractivity (Wildman–Crippen MR) is 113 cm³/mol. The monoisotopic (exact) mass is 446 g/mol. The van der Waals surface area contributed by atoms with E-state index in [4.69, 9.17) is 25.6 Å². The lowest BCUT2D eigenvalue weighted by Gasteiger charge is -2.08. The number of fused-ring (bicyclic) bond motifs is 1. The number of nitrogens with zero attached hydrogens (tertiary/aromatic N) is 1. The number of thiophene rings is 1. The molecule has 1 aliphatic carbocycles. The minimum absolute atomic E-state index is 0.0865. The lowest BCUT2D eigenvalue weighted by Crippen LogP contribution is -2.17. The quantitative estimate of drug-likeness (QED) is 0.546. The maximum absolute atomic E-state index is 12.9. The van der Waals surface area contributed by atoms with Crippen molar-refractivity contribution in [1.82, 2.24) is 5.16 Å². The molecule has 4 rings (SSSR count). The zero-order valence-electron chi connectivity index (χ0n) is 16.4. The van der Waals surface area contributed by atoms with E-state index in [-0.39, 0.29) is 12.3 Å². The number of benzene rings is 1. The van der Waals surface area contributed by atoms with Crippen LogP contribution in [0.15, 0.2) is 28.8 Å². The first-order valence-electron chi connectivity index (χ1n) is 9.35. The number of rotatable bonds is 6. The van der Waals surface area contributed by atoms with Gasteiger partial charge >= 0.3 is 5.97 Å². The molecular weight excluding hydrogens is 428 g/mol. The van der Waals surface area contributed by atoms with Crippen molar-refractivity contribution in [3.05, 3.63) is 62.3 Å². The summed E-state index contributed by atoms with van der Waals surface area (Å²) in [5, 5.41) is 7.73. The molecule has 156 valence electrons. The molecular formula is C21H19ClN2O5S. The maximum atomic E-state index is 12.9. The second-order valence-corrected chi connectivity index (χ2v) is 8.36. The van der Waals surface area contributed by atoms with Crippen LogP contribution in [-0.4, -0.2) is 24.1 Å². The van der Waals surface area contributed by atoms with E-state index in [1.54, 1.807) is 31.2 Å². The van der Waals surface area contributed by atoms with Gasteiger partial charge in [-0.05, 0) is 49.9 Å². The summed E-state index contributed by atoms with van der Waals surface area (Å²) in [5.74, 6) is 0.119. The number of aromatic nitrogens is 1. The second-order valence-electron chi connectivity index (χ2n) is 6.82. The van der Waals surface area contributed by atoms with E-state index in [0.717, 1.165) is 29.7 Å². The van der Waals surface area contributed by atoms with E-state index in [2.05, 4.69) is 10.5 Å². The van der Waals surface area contributed by atoms with Gasteiger partial charge in [0.25, 0.3) is 5.91 Å². The molecule has 2 aromatic heterocycles. The van der Waals surface area contributed by atoms with Crippen LogP contribution in [-0.2, 0) is 24.2 Å². The first-order chi connectivity index (χ1) is 14.5. The van der Waals surface area contributed by atoms with Gasteiger partial charge in [0.2, 0.25) is 0 Å². The van der Waals surface area contributed by atoms with Crippen molar-refractivity contribution in [3.8, 4) is 5.75 Å². The number of ether oxygens (including phenoxy) is 2. The molecule has 0 saturated heterocycles. The number of halogens is 1. The lowest BCUT2D eigenvalue weighted by molar-refractivity contribution is 0.0601. The first-order valence-corrected chi connectivity index (χ1v) is 10.5. The summed E-state index contributed by atoms with van der Waals surface area (Å²) in [6.07, 6.45) is 2.68. The highest BCUT2D eigenvalue weighted by Gasteiger charge is 2.29. The number of aryl methyl sites for hydroxylation is 2. The Morgan fingerprint density at radius 3 is 2.93 bits per heavy atom. The summed E-state index contributed by atoms with van der Waals surface area (Å²) >= 11 is 7.38. The smallest absolute Gasteiger partial charge is 0.341 e. The molecule has 3 aromatic rings. The van der Waals surface area contributed by atoms with Crippen molar-refractivity contribution in [3.63, 3.8) is 0 Å². The number of anilines is 1. The molecule has 0 saturated carbocycles. The SMILES string of the molecule is COC(=O)c1c(NC(=O)c2noc(C)c2COc2cccc(Cl)c2)sc2c1CCC2. The Balaban J connectivity index is 1.56. The number of methoxy groups -OCH3 is 1. The summed E-state index contributed by atoms with van der Waals surface area (Å²) in [7, 11) is 1.33. The molecule has 30 heavy (non-hydrogen) atoms. The van der Waals surface area contributed by atoms with Gasteiger partial charge in [0.1, 0.15) is 23.1 Å². The average molecular weight is 447 g/mol. The molecule has 0 unspecified atom stereocenters. The van der Waals surface area contributed by atoms with Gasteiger partial charge in [-0.1, -0.05) is 22.8 Å². The average Bonchev–Trinajstić information content (AvgIpc) is 3.40. The zero-order valence-corrected chi connectivity index (χ0v) is 18.0. The van der Waals surface area contributed by atoms with Gasteiger partial charge in [-0.15, -0.1) is 11.3 Å². The summed E-state index contributed by atoms with van der Waals surface area (Å²) in [6.45, 7) is 1.79. The molecule has 2 heterocycles. The topological polar surface area (TPSA) is 90.7 Å². The molecule has 9 heteroatoms. The highest BCUT2D eigenvalue weighted by atomic mass is 35.5. The fraction of sp³-hybridized carbons (Fsp3) is 0.286. The predicted octanol–water partition coefficient (Wildman–Crippen LogP) is 4.80. The van der Waals surface area contributed by atoms with Crippen molar-refractivity contribution in [2.45, 2.75) is 32.8 Å². The summed E-state index contributed by atoms with van der Waals surface area (Å²) < 4.78 is 15.9. The third-order valence-corrected chi connectivity index (χ3v) is 6.36. The van der Waals surface area contributed by atoms with E-state index >= 15 is 0 Å². The molecule has 0 spiro atoms. The van der Waals surface area contributed by atoms with Crippen molar-refractivity contribution in [2.75, 3.05) is 12.4 Å². The Bertz CT molecular complexity index is 1120. The third-order valence-electron chi connectivity index (χ3n) is 4.92. The Labute approximate surface area is 181 Å². The number of hydrogen-bond acceptors (Lipinski definition) is 7. The largest absolute Gasteiger partial charge is 0.489 e. The third kappa shape index (κ3) is 3.93. The Morgan fingerprint density at radius 1 is 1.33 bits per heavy atom. The van der Waals surface area contributed by atoms with Crippen LogP contribution in [0.4, 0.5) is 5.00 Å². The van der Waals surface area contributed by atoms with E-state index in [1.807, 2.05) is 0 Å². The van der Waals surface area contributed by atoms with Crippen LogP contribution in [0.1, 0.15) is 49.0 Å². The van der Waals surface area contributed by atoms with Crippen LogP contribution in [0.25, 0.3) is 0 Å². The Kier molecular flexibility index (Phi) is 5.78. The Hall–Kier alpha value is -2.84. The van der Waals surface area contributed by atoms with Crippen molar-refractivity contribution in [1.29, 1.82) is 0 Å². The molecule has 0 bridgehead atoms. The van der Waals surface area contributed by atoms with Crippen molar-refractivity contribution in [2.24, 2.45) is 0 Å². The highest BCUT2D eigenvalue weighted by molar-refractivity contribution is 7.17. The number of esters is 1. The van der Waals surface area contributed by atoms with Crippen LogP contribution >= 0.6 is 22.9 Å². The van der Waals surface area contributed by atoms with Gasteiger partial charge in [0.15, 0.2) is 5.69 Å². The van der Waals surface area contributed by atoms with E-state index in [1.165, 1.54) is 18.4 Å². The van der Waals surface area contributed by atoms with Gasteiger partial charge in [0, 0.05) is 9.90 Å². The van der Waals surface area contributed by atoms with Gasteiger partial charge < -0.3 is 19.3 Å². The van der Waals surface area contributed by atoms with Crippen LogP contribution < -0.4 is 10.1 Å². The molecule has 0 aliphatic heterocycles. The van der Waals surface area contributed by atoms with Gasteiger partial charge in [-0.25, -0.2) is 4.79 Å². The molecule has 7 nitrogen and oxygen atoms in total. The van der Waals surface area contributed by atoms with Gasteiger partial charge in [-0.3, -0.25) is 4.79 Å². The number of amides is 1. The summed E-state index contributed by atoms with van der Waals surface area (Å²) in [5.41, 5.74) is 2.03. The highest BCUT2D eigenvalue weighted by Crippen LogP contribution is 2.39. The summed E-state index contributed by atoms with van der Waals surface area (Å²) in [4.78, 5) is 26.4. The summed E-state index contributed by atoms with van der Waals surface area (Å²) in [6, 6.07) is 6.97. The standard InChI is InChI=1S/C21H19ClN2O5S/c1-11-15(10-28-13-6-3-5-12(22)9-13)18(24-29-11)19(25)23-20-17(21(26)27-2)14-7-4-8-16(14)30-20/h3,5-6,9H,4,7-8,10H2,1-2H3,(H,23,25). The molecule has 1 aliphatic rings. The van der Waals surface area contributed by atoms with Crippen molar-refractivity contribution < 1.29 is 23.6 Å². The van der Waals surface area contributed by atoms with Gasteiger partial charge in [0.05, 0.1) is 18.2 Å². The van der Waals surface area contributed by atoms with Crippen LogP contribution in [0.5, 0.6) is 5.75 Å². The minimum Gasteiger partial charge on any atom is -0.489 e. The van der Waals surface area contributed by atoms with Crippen LogP contribution in [0.3, 0.4) is 0 Å². The first kappa shape index (κ1) is 20.4. The second kappa shape index (κ2) is 8.49. The zero-order chi connectivity index (χ0) is 21.3. The molecule has 0 atom stereocenters. The van der Waals surface area contributed by atoms with E-state index in [0.29, 0.717) is 32.7 Å². The fourth-order valence-electron chi connectivity index (χ4n) is 3.42. The van der Waals surface area contributed by atoms with E-state index in [9.17, 15) is 9.59 Å². The maximum Gasteiger partial charge on any atom is 0.341 e. The lowest BCUT2D eigenvalue weighted by atomic mass is 10.1. The van der Waals surface area contributed by atoms with Crippen molar-refractivity contribution >= 4 is 39.8 Å². The number of carbonyl (C=O) groups is 2. The number of carbonyl (C=O) groups excluding carboxylic acids is 2. The van der Waals surface area contributed by atoms with Crippen LogP contribution in [0.2, 0.25) is 5.02 Å². The molecule has 1 amide bonds. The number of nitrogens with one attached hydrogen (secondary N) is 1. The Morgan fingerprint density at radius 2 is 2.17 bits per heavy atom.